The third kappa shape index (κ3) is 7.40. The Morgan fingerprint density at radius 2 is 1.29 bits per heavy atom. The SMILES string of the molecule is COc1ccc(/C=C/c2cc(/C=C/c3ccc(OC)c(OC)c3)n(-c3ccc(C(=O)NCC(C)C)cc3)n2)cc1OC. The van der Waals surface area contributed by atoms with Gasteiger partial charge in [0.05, 0.1) is 45.5 Å². The normalized spacial score (nSPS) is 11.3. The van der Waals surface area contributed by atoms with E-state index in [4.69, 9.17) is 24.0 Å². The number of hydrogen-bond donors (Lipinski definition) is 1. The van der Waals surface area contributed by atoms with Gasteiger partial charge in [0.15, 0.2) is 23.0 Å². The fourth-order valence-electron chi connectivity index (χ4n) is 4.25. The summed E-state index contributed by atoms with van der Waals surface area (Å²) in [6.07, 6.45) is 7.90. The molecule has 0 fully saturated rings. The summed E-state index contributed by atoms with van der Waals surface area (Å²) in [7, 11) is 6.46. The second-order valence-corrected chi connectivity index (χ2v) is 9.95. The van der Waals surface area contributed by atoms with Crippen LogP contribution in [0.15, 0.2) is 66.7 Å². The third-order valence-electron chi connectivity index (χ3n) is 6.51. The monoisotopic (exact) mass is 567 g/mol. The van der Waals surface area contributed by atoms with Crippen molar-refractivity contribution in [1.29, 1.82) is 0 Å². The van der Waals surface area contributed by atoms with Gasteiger partial charge >= 0.3 is 0 Å². The van der Waals surface area contributed by atoms with Crippen molar-refractivity contribution in [2.45, 2.75) is 13.8 Å². The molecule has 4 rings (SSSR count). The number of carbonyl (C=O) groups is 1. The third-order valence-corrected chi connectivity index (χ3v) is 6.51. The molecule has 0 aliphatic heterocycles. The number of amides is 1. The highest BCUT2D eigenvalue weighted by Gasteiger charge is 2.11. The average Bonchev–Trinajstić information content (AvgIpc) is 3.44. The number of hydrogen-bond acceptors (Lipinski definition) is 6. The number of carbonyl (C=O) groups excluding carboxylic acids is 1. The van der Waals surface area contributed by atoms with Crippen LogP contribution in [0.2, 0.25) is 0 Å². The molecule has 8 nitrogen and oxygen atoms in total. The zero-order valence-electron chi connectivity index (χ0n) is 24.9. The van der Waals surface area contributed by atoms with Crippen LogP contribution in [0.5, 0.6) is 23.0 Å². The van der Waals surface area contributed by atoms with E-state index in [1.807, 2.05) is 95.7 Å². The van der Waals surface area contributed by atoms with Gasteiger partial charge in [-0.2, -0.15) is 5.10 Å². The molecule has 0 bridgehead atoms. The highest BCUT2D eigenvalue weighted by molar-refractivity contribution is 5.94. The van der Waals surface area contributed by atoms with Gasteiger partial charge < -0.3 is 24.3 Å². The van der Waals surface area contributed by atoms with Gasteiger partial charge in [-0.25, -0.2) is 4.68 Å². The maximum Gasteiger partial charge on any atom is 0.251 e. The number of aromatic nitrogens is 2. The van der Waals surface area contributed by atoms with Crippen molar-refractivity contribution in [1.82, 2.24) is 15.1 Å². The standard InChI is InChI=1S/C34H37N3O5/c1-23(2)22-35-34(38)26-11-15-28(16-12-26)37-29(14-8-25-10-18-31(40-4)33(20-25)42-6)21-27(36-37)13-7-24-9-17-30(39-3)32(19-24)41-5/h7-21,23H,22H2,1-6H3,(H,35,38)/b13-7+,14-8+. The fraction of sp³-hybridized carbons (Fsp3) is 0.235. The lowest BCUT2D eigenvalue weighted by atomic mass is 10.1. The minimum absolute atomic E-state index is 0.0946. The Bertz CT molecular complexity index is 1570. The molecule has 0 spiro atoms. The van der Waals surface area contributed by atoms with E-state index in [1.165, 1.54) is 0 Å². The molecule has 1 aromatic heterocycles. The van der Waals surface area contributed by atoms with Crippen LogP contribution in [0, 0.1) is 5.92 Å². The van der Waals surface area contributed by atoms with Crippen LogP contribution in [0.1, 0.15) is 46.7 Å². The molecule has 0 saturated carbocycles. The molecule has 0 atom stereocenters. The highest BCUT2D eigenvalue weighted by Crippen LogP contribution is 2.30. The molecule has 3 aromatic carbocycles. The molecule has 0 aliphatic rings. The van der Waals surface area contributed by atoms with E-state index in [2.05, 4.69) is 19.2 Å². The van der Waals surface area contributed by atoms with Gasteiger partial charge in [0.1, 0.15) is 0 Å². The maximum absolute atomic E-state index is 12.5. The molecule has 1 amide bonds. The lowest BCUT2D eigenvalue weighted by Crippen LogP contribution is -2.27. The molecule has 1 N–H and O–H groups in total. The molecule has 0 aliphatic carbocycles. The number of benzene rings is 3. The van der Waals surface area contributed by atoms with Crippen molar-refractivity contribution in [3.63, 3.8) is 0 Å². The van der Waals surface area contributed by atoms with Gasteiger partial charge in [0.2, 0.25) is 0 Å². The highest BCUT2D eigenvalue weighted by atomic mass is 16.5. The first-order valence-corrected chi connectivity index (χ1v) is 13.6. The predicted octanol–water partition coefficient (Wildman–Crippen LogP) is 6.63. The van der Waals surface area contributed by atoms with Gasteiger partial charge in [-0.05, 0) is 83.8 Å². The van der Waals surface area contributed by atoms with Crippen LogP contribution in [0.4, 0.5) is 0 Å². The molecule has 8 heteroatoms. The Hall–Kier alpha value is -4.98. The second kappa shape index (κ2) is 14.1. The summed E-state index contributed by atoms with van der Waals surface area (Å²) in [6.45, 7) is 4.76. The Morgan fingerprint density at radius 1 is 0.738 bits per heavy atom. The van der Waals surface area contributed by atoms with Crippen LogP contribution in [-0.2, 0) is 0 Å². The number of ether oxygens (including phenoxy) is 4. The Kier molecular flexibility index (Phi) is 10.1. The van der Waals surface area contributed by atoms with Crippen molar-refractivity contribution in [2.24, 2.45) is 5.92 Å². The molecular formula is C34H37N3O5. The van der Waals surface area contributed by atoms with Gasteiger partial charge in [0, 0.05) is 12.1 Å². The zero-order chi connectivity index (χ0) is 30.1. The van der Waals surface area contributed by atoms with Crippen molar-refractivity contribution in [2.75, 3.05) is 35.0 Å². The summed E-state index contributed by atoms with van der Waals surface area (Å²) in [5.74, 6) is 2.92. The van der Waals surface area contributed by atoms with Crippen LogP contribution >= 0.6 is 0 Å². The molecule has 0 saturated heterocycles. The minimum Gasteiger partial charge on any atom is -0.493 e. The predicted molar refractivity (Wildman–Crippen MR) is 168 cm³/mol. The molecule has 4 aromatic rings. The average molecular weight is 568 g/mol. The van der Waals surface area contributed by atoms with E-state index in [-0.39, 0.29) is 5.91 Å². The molecule has 42 heavy (non-hydrogen) atoms. The first-order chi connectivity index (χ1) is 20.3. The van der Waals surface area contributed by atoms with Gasteiger partial charge in [-0.3, -0.25) is 4.79 Å². The van der Waals surface area contributed by atoms with E-state index >= 15 is 0 Å². The minimum atomic E-state index is -0.0946. The topological polar surface area (TPSA) is 83.8 Å². The smallest absolute Gasteiger partial charge is 0.251 e. The quantitative estimate of drug-likeness (QED) is 0.207. The van der Waals surface area contributed by atoms with E-state index in [1.54, 1.807) is 28.4 Å². The van der Waals surface area contributed by atoms with Crippen LogP contribution in [-0.4, -0.2) is 50.7 Å². The summed E-state index contributed by atoms with van der Waals surface area (Å²) >= 11 is 0. The lowest BCUT2D eigenvalue weighted by Gasteiger charge is -2.09. The first-order valence-electron chi connectivity index (χ1n) is 13.6. The second-order valence-electron chi connectivity index (χ2n) is 9.95. The number of methoxy groups -OCH3 is 4. The molecule has 0 radical (unpaired) electrons. The van der Waals surface area contributed by atoms with Crippen LogP contribution < -0.4 is 24.3 Å². The van der Waals surface area contributed by atoms with E-state index in [0.717, 1.165) is 28.2 Å². The Balaban J connectivity index is 1.67. The van der Waals surface area contributed by atoms with Gasteiger partial charge in [-0.15, -0.1) is 0 Å². The lowest BCUT2D eigenvalue weighted by molar-refractivity contribution is 0.0949. The summed E-state index contributed by atoms with van der Waals surface area (Å²) in [6, 6.07) is 20.9. The van der Waals surface area contributed by atoms with E-state index < -0.39 is 0 Å². The largest absolute Gasteiger partial charge is 0.493 e. The van der Waals surface area contributed by atoms with Crippen molar-refractivity contribution in [3.05, 3.63) is 94.8 Å². The van der Waals surface area contributed by atoms with E-state index in [0.29, 0.717) is 41.0 Å². The first kappa shape index (κ1) is 30.0. The van der Waals surface area contributed by atoms with Crippen molar-refractivity contribution >= 4 is 30.2 Å². The molecule has 1 heterocycles. The van der Waals surface area contributed by atoms with Crippen LogP contribution in [0.25, 0.3) is 30.0 Å². The van der Waals surface area contributed by atoms with Gasteiger partial charge in [-0.1, -0.05) is 38.1 Å². The fourth-order valence-corrected chi connectivity index (χ4v) is 4.25. The van der Waals surface area contributed by atoms with Crippen molar-refractivity contribution in [3.8, 4) is 28.7 Å². The van der Waals surface area contributed by atoms with Crippen LogP contribution in [0.3, 0.4) is 0 Å². The Morgan fingerprint density at radius 3 is 1.81 bits per heavy atom. The van der Waals surface area contributed by atoms with Crippen molar-refractivity contribution < 1.29 is 23.7 Å². The summed E-state index contributed by atoms with van der Waals surface area (Å²) in [5.41, 5.74) is 4.93. The number of rotatable bonds is 12. The summed E-state index contributed by atoms with van der Waals surface area (Å²) in [4.78, 5) is 12.5. The molecule has 218 valence electrons. The van der Waals surface area contributed by atoms with Gasteiger partial charge in [0.25, 0.3) is 5.91 Å². The number of nitrogens with one attached hydrogen (secondary N) is 1. The molecule has 0 unspecified atom stereocenters. The summed E-state index contributed by atoms with van der Waals surface area (Å²) < 4.78 is 23.5. The number of nitrogens with zero attached hydrogens (tertiary/aromatic N) is 2. The van der Waals surface area contributed by atoms with E-state index in [9.17, 15) is 4.79 Å². The maximum atomic E-state index is 12.5. The molecular weight excluding hydrogens is 530 g/mol. The Labute approximate surface area is 247 Å². The summed E-state index contributed by atoms with van der Waals surface area (Å²) in [5, 5.41) is 7.82. The zero-order valence-corrected chi connectivity index (χ0v) is 24.9.